The molecule has 0 aliphatic rings. The van der Waals surface area contributed by atoms with Gasteiger partial charge in [-0.1, -0.05) is 30.3 Å². The molecule has 9 heteroatoms. The van der Waals surface area contributed by atoms with Gasteiger partial charge in [-0.15, -0.1) is 0 Å². The van der Waals surface area contributed by atoms with E-state index in [4.69, 9.17) is 18.6 Å². The standard InChI is InChI=1S/C21H26N2O7/c1-13-15(16(24)28-12-14-10-8-7-9-11-14)22-17(29-13)21(5,18(25)27-6)23-19(26)30-20(2,3)4/h7-11H,12H2,1-6H3,(H,23,26)/t21-/m1/s1. The first-order chi connectivity index (χ1) is 14.0. The van der Waals surface area contributed by atoms with Gasteiger partial charge in [-0.2, -0.15) is 0 Å². The average molecular weight is 418 g/mol. The molecule has 0 radical (unpaired) electrons. The monoisotopic (exact) mass is 418 g/mol. The molecule has 2 aromatic rings. The van der Waals surface area contributed by atoms with E-state index in [1.165, 1.54) is 13.8 Å². The molecule has 1 aromatic heterocycles. The lowest BCUT2D eigenvalue weighted by atomic mass is 10.0. The summed E-state index contributed by atoms with van der Waals surface area (Å²) in [5.74, 6) is -1.68. The van der Waals surface area contributed by atoms with E-state index in [-0.39, 0.29) is 24.0 Å². The number of alkyl carbamates (subject to hydrolysis) is 1. The van der Waals surface area contributed by atoms with Crippen molar-refractivity contribution in [3.8, 4) is 0 Å². The molecule has 162 valence electrons. The molecule has 9 nitrogen and oxygen atoms in total. The van der Waals surface area contributed by atoms with Gasteiger partial charge in [0.1, 0.15) is 18.0 Å². The molecule has 0 bridgehead atoms. The minimum atomic E-state index is -1.82. The molecular formula is C21H26N2O7. The van der Waals surface area contributed by atoms with Gasteiger partial charge in [0.05, 0.1) is 7.11 Å². The maximum absolute atomic E-state index is 12.5. The molecule has 0 aliphatic carbocycles. The zero-order valence-electron chi connectivity index (χ0n) is 17.9. The van der Waals surface area contributed by atoms with E-state index < -0.39 is 29.2 Å². The van der Waals surface area contributed by atoms with Gasteiger partial charge >= 0.3 is 18.0 Å². The first-order valence-electron chi connectivity index (χ1n) is 9.25. The van der Waals surface area contributed by atoms with Gasteiger partial charge < -0.3 is 18.6 Å². The zero-order chi connectivity index (χ0) is 22.5. The summed E-state index contributed by atoms with van der Waals surface area (Å²) in [5.41, 5.74) is -1.92. The third-order valence-corrected chi connectivity index (χ3v) is 3.98. The fourth-order valence-electron chi connectivity index (χ4n) is 2.49. The molecular weight excluding hydrogens is 392 g/mol. The number of benzene rings is 1. The van der Waals surface area contributed by atoms with Gasteiger partial charge in [-0.3, -0.25) is 5.32 Å². The van der Waals surface area contributed by atoms with Crippen molar-refractivity contribution in [2.24, 2.45) is 0 Å². The summed E-state index contributed by atoms with van der Waals surface area (Å²) < 4.78 is 20.8. The van der Waals surface area contributed by atoms with Crippen LogP contribution in [0.3, 0.4) is 0 Å². The number of methoxy groups -OCH3 is 1. The summed E-state index contributed by atoms with van der Waals surface area (Å²) in [6.45, 7) is 7.92. The second kappa shape index (κ2) is 8.98. The van der Waals surface area contributed by atoms with Gasteiger partial charge in [0, 0.05) is 0 Å². The van der Waals surface area contributed by atoms with Crippen LogP contribution in [0, 0.1) is 6.92 Å². The second-order valence-corrected chi connectivity index (χ2v) is 7.73. The normalized spacial score (nSPS) is 13.1. The molecule has 1 amide bonds. The van der Waals surface area contributed by atoms with Crippen LogP contribution in [0.15, 0.2) is 34.7 Å². The molecule has 0 saturated heterocycles. The summed E-state index contributed by atoms with van der Waals surface area (Å²) in [5, 5.41) is 2.41. The molecule has 0 unspecified atom stereocenters. The van der Waals surface area contributed by atoms with Crippen molar-refractivity contribution in [1.82, 2.24) is 10.3 Å². The first kappa shape index (κ1) is 22.9. The number of amides is 1. The number of nitrogens with one attached hydrogen (secondary N) is 1. The Hall–Kier alpha value is -3.36. The molecule has 1 atom stereocenters. The summed E-state index contributed by atoms with van der Waals surface area (Å²) in [6.07, 6.45) is -0.876. The Kier molecular flexibility index (Phi) is 6.86. The molecule has 1 heterocycles. The Balaban J connectivity index is 2.25. The number of aryl methyl sites for hydroxylation is 1. The minimum Gasteiger partial charge on any atom is -0.467 e. The van der Waals surface area contributed by atoms with Crippen LogP contribution < -0.4 is 5.32 Å². The lowest BCUT2D eigenvalue weighted by Crippen LogP contribution is -2.51. The van der Waals surface area contributed by atoms with Gasteiger partial charge in [0.2, 0.25) is 11.4 Å². The fraction of sp³-hybridized carbons (Fsp3) is 0.429. The zero-order valence-corrected chi connectivity index (χ0v) is 17.9. The summed E-state index contributed by atoms with van der Waals surface area (Å²) in [6, 6.07) is 9.13. The van der Waals surface area contributed by atoms with E-state index in [0.717, 1.165) is 12.7 Å². The predicted molar refractivity (Wildman–Crippen MR) is 106 cm³/mol. The van der Waals surface area contributed by atoms with Crippen LogP contribution in [0.25, 0.3) is 0 Å². The highest BCUT2D eigenvalue weighted by atomic mass is 16.6. The van der Waals surface area contributed by atoms with Crippen LogP contribution in [0.5, 0.6) is 0 Å². The van der Waals surface area contributed by atoms with E-state index >= 15 is 0 Å². The molecule has 0 saturated carbocycles. The summed E-state index contributed by atoms with van der Waals surface area (Å²) in [4.78, 5) is 41.2. The molecule has 1 aromatic carbocycles. The second-order valence-electron chi connectivity index (χ2n) is 7.73. The van der Waals surface area contributed by atoms with Crippen molar-refractivity contribution in [2.75, 3.05) is 7.11 Å². The summed E-state index contributed by atoms with van der Waals surface area (Å²) in [7, 11) is 1.15. The van der Waals surface area contributed by atoms with Crippen molar-refractivity contribution in [3.05, 3.63) is 53.2 Å². The van der Waals surface area contributed by atoms with Crippen LogP contribution in [0.4, 0.5) is 4.79 Å². The Morgan fingerprint density at radius 3 is 2.30 bits per heavy atom. The third kappa shape index (κ3) is 5.59. The van der Waals surface area contributed by atoms with Crippen molar-refractivity contribution in [3.63, 3.8) is 0 Å². The topological polar surface area (TPSA) is 117 Å². The molecule has 2 rings (SSSR count). The molecule has 1 N–H and O–H groups in total. The highest BCUT2D eigenvalue weighted by Gasteiger charge is 2.45. The first-order valence-corrected chi connectivity index (χ1v) is 9.25. The highest BCUT2D eigenvalue weighted by molar-refractivity contribution is 5.89. The quantitative estimate of drug-likeness (QED) is 0.561. The minimum absolute atomic E-state index is 0.0474. The lowest BCUT2D eigenvalue weighted by Gasteiger charge is -2.27. The number of esters is 2. The predicted octanol–water partition coefficient (Wildman–Crippen LogP) is 3.25. The average Bonchev–Trinajstić information content (AvgIpc) is 3.07. The van der Waals surface area contributed by atoms with Gasteiger partial charge in [-0.25, -0.2) is 19.4 Å². The number of oxazole rings is 1. The van der Waals surface area contributed by atoms with E-state index in [1.807, 2.05) is 30.3 Å². The molecule has 0 spiro atoms. The highest BCUT2D eigenvalue weighted by Crippen LogP contribution is 2.25. The number of hydrogen-bond acceptors (Lipinski definition) is 8. The van der Waals surface area contributed by atoms with Crippen LogP contribution in [-0.4, -0.2) is 35.7 Å². The van der Waals surface area contributed by atoms with E-state index in [0.29, 0.717) is 0 Å². The number of nitrogens with zero attached hydrogens (tertiary/aromatic N) is 1. The number of carbonyl (C=O) groups is 3. The maximum atomic E-state index is 12.5. The molecule has 0 fully saturated rings. The Morgan fingerprint density at radius 2 is 1.73 bits per heavy atom. The summed E-state index contributed by atoms with van der Waals surface area (Å²) >= 11 is 0. The SMILES string of the molecule is COC(=O)[C@](C)(NC(=O)OC(C)(C)C)c1nc(C(=O)OCc2ccccc2)c(C)o1. The Labute approximate surface area is 174 Å². The van der Waals surface area contributed by atoms with Crippen molar-refractivity contribution in [2.45, 2.75) is 52.4 Å². The van der Waals surface area contributed by atoms with Crippen LogP contribution in [-0.2, 0) is 31.2 Å². The number of ether oxygens (including phenoxy) is 3. The van der Waals surface area contributed by atoms with Gasteiger partial charge in [0.25, 0.3) is 0 Å². The molecule has 30 heavy (non-hydrogen) atoms. The van der Waals surface area contributed by atoms with Crippen molar-refractivity contribution >= 4 is 18.0 Å². The third-order valence-electron chi connectivity index (χ3n) is 3.98. The smallest absolute Gasteiger partial charge is 0.408 e. The number of carbonyl (C=O) groups excluding carboxylic acids is 3. The van der Waals surface area contributed by atoms with Crippen LogP contribution in [0.1, 0.15) is 55.4 Å². The van der Waals surface area contributed by atoms with E-state index in [1.54, 1.807) is 20.8 Å². The number of hydrogen-bond donors (Lipinski definition) is 1. The van der Waals surface area contributed by atoms with Crippen molar-refractivity contribution in [1.29, 1.82) is 0 Å². The van der Waals surface area contributed by atoms with E-state index in [2.05, 4.69) is 10.3 Å². The maximum Gasteiger partial charge on any atom is 0.408 e. The van der Waals surface area contributed by atoms with Crippen LogP contribution in [0.2, 0.25) is 0 Å². The Bertz CT molecular complexity index is 915. The number of aromatic nitrogens is 1. The largest absolute Gasteiger partial charge is 0.467 e. The van der Waals surface area contributed by atoms with Gasteiger partial charge in [-0.05, 0) is 40.2 Å². The van der Waals surface area contributed by atoms with Crippen molar-refractivity contribution < 1.29 is 33.0 Å². The van der Waals surface area contributed by atoms with E-state index in [9.17, 15) is 14.4 Å². The van der Waals surface area contributed by atoms with Gasteiger partial charge in [0.15, 0.2) is 5.69 Å². The Morgan fingerprint density at radius 1 is 1.10 bits per heavy atom. The lowest BCUT2D eigenvalue weighted by molar-refractivity contribution is -0.149. The number of rotatable bonds is 6. The molecule has 0 aliphatic heterocycles. The fourth-order valence-corrected chi connectivity index (χ4v) is 2.49. The van der Waals surface area contributed by atoms with Crippen LogP contribution >= 0.6 is 0 Å².